The first-order valence-electron chi connectivity index (χ1n) is 5.11. The topological polar surface area (TPSA) is 12.0 Å². The largest absolute Gasteiger partial charge is 0.458 e. The minimum Gasteiger partial charge on any atom is -0.276 e. The Hall–Kier alpha value is -1.24. The molecule has 0 saturated heterocycles. The lowest BCUT2D eigenvalue weighted by atomic mass is 9.97. The second-order valence-corrected chi connectivity index (χ2v) is 3.63. The second-order valence-electron chi connectivity index (χ2n) is 3.63. The van der Waals surface area contributed by atoms with Crippen LogP contribution in [0, 0.1) is 0 Å². The van der Waals surface area contributed by atoms with Crippen LogP contribution < -0.4 is 5.32 Å². The maximum absolute atomic E-state index is 14.2. The summed E-state index contributed by atoms with van der Waals surface area (Å²) in [6, 6.07) is 5.52. The SMILES string of the molecule is CCNC(F)(c1ccccc1)C(F)(F)C(F)(F)F. The van der Waals surface area contributed by atoms with Crippen molar-refractivity contribution in [3.05, 3.63) is 35.9 Å². The third-order valence-corrected chi connectivity index (χ3v) is 2.38. The summed E-state index contributed by atoms with van der Waals surface area (Å²) in [4.78, 5) is 0. The Morgan fingerprint density at radius 2 is 1.44 bits per heavy atom. The molecule has 0 amide bonds. The van der Waals surface area contributed by atoms with Gasteiger partial charge in [-0.1, -0.05) is 37.3 Å². The Bertz CT molecular complexity index is 388. The summed E-state index contributed by atoms with van der Waals surface area (Å²) in [5.74, 6) is -9.52. The Labute approximate surface area is 99.8 Å². The molecule has 1 aromatic rings. The standard InChI is InChI=1S/C11H11F6N/c1-2-18-9(12,8-6-4-3-5-7-8)10(13,14)11(15,16)17/h3-7,18H,2H2,1H3. The molecule has 7 heteroatoms. The first kappa shape index (κ1) is 14.8. The highest BCUT2D eigenvalue weighted by molar-refractivity contribution is 5.25. The zero-order chi connectivity index (χ0) is 14.0. The molecule has 1 aromatic carbocycles. The molecule has 0 radical (unpaired) electrons. The van der Waals surface area contributed by atoms with Crippen molar-refractivity contribution < 1.29 is 26.3 Å². The summed E-state index contributed by atoms with van der Waals surface area (Å²) in [5, 5.41) is 1.59. The van der Waals surface area contributed by atoms with E-state index in [0.29, 0.717) is 0 Å². The molecule has 1 unspecified atom stereocenters. The fraction of sp³-hybridized carbons (Fsp3) is 0.455. The molecule has 0 aliphatic carbocycles. The smallest absolute Gasteiger partial charge is 0.276 e. The van der Waals surface area contributed by atoms with Crippen molar-refractivity contribution in [2.45, 2.75) is 24.8 Å². The average Bonchev–Trinajstić information content (AvgIpc) is 2.28. The normalized spacial score (nSPS) is 16.4. The van der Waals surface area contributed by atoms with Crippen LogP contribution in [0.15, 0.2) is 30.3 Å². The minimum absolute atomic E-state index is 0.378. The predicted molar refractivity (Wildman–Crippen MR) is 53.9 cm³/mol. The van der Waals surface area contributed by atoms with Gasteiger partial charge in [0, 0.05) is 5.56 Å². The molecule has 0 aromatic heterocycles. The van der Waals surface area contributed by atoms with Gasteiger partial charge in [-0.15, -0.1) is 0 Å². The number of rotatable bonds is 4. The Balaban J connectivity index is 3.33. The highest BCUT2D eigenvalue weighted by atomic mass is 19.4. The van der Waals surface area contributed by atoms with E-state index in [-0.39, 0.29) is 6.54 Å². The van der Waals surface area contributed by atoms with E-state index >= 15 is 0 Å². The molecule has 0 heterocycles. The Kier molecular flexibility index (Phi) is 3.95. The zero-order valence-corrected chi connectivity index (χ0v) is 9.36. The van der Waals surface area contributed by atoms with E-state index in [1.807, 2.05) is 0 Å². The summed E-state index contributed by atoms with van der Waals surface area (Å²) in [6.07, 6.45) is -5.99. The van der Waals surface area contributed by atoms with Crippen LogP contribution in [0.1, 0.15) is 12.5 Å². The van der Waals surface area contributed by atoms with Gasteiger partial charge in [-0.25, -0.2) is 4.39 Å². The van der Waals surface area contributed by atoms with Crippen LogP contribution in [0.3, 0.4) is 0 Å². The molecule has 1 rings (SSSR count). The van der Waals surface area contributed by atoms with Crippen LogP contribution in [0.5, 0.6) is 0 Å². The molecule has 0 spiro atoms. The van der Waals surface area contributed by atoms with E-state index in [1.54, 1.807) is 5.32 Å². The van der Waals surface area contributed by atoms with Crippen molar-refractivity contribution in [1.29, 1.82) is 0 Å². The lowest BCUT2D eigenvalue weighted by Crippen LogP contribution is -2.59. The monoisotopic (exact) mass is 271 g/mol. The number of hydrogen-bond donors (Lipinski definition) is 1. The molecule has 18 heavy (non-hydrogen) atoms. The molecule has 0 bridgehead atoms. The molecule has 0 aliphatic rings. The van der Waals surface area contributed by atoms with E-state index in [0.717, 1.165) is 12.1 Å². The van der Waals surface area contributed by atoms with Crippen LogP contribution in [0.4, 0.5) is 26.3 Å². The summed E-state index contributed by atoms with van der Waals surface area (Å²) in [7, 11) is 0. The lowest BCUT2D eigenvalue weighted by Gasteiger charge is -2.35. The van der Waals surface area contributed by atoms with Crippen LogP contribution in [0.25, 0.3) is 0 Å². The fourth-order valence-electron chi connectivity index (χ4n) is 1.50. The molecular formula is C11H11F6N. The zero-order valence-electron chi connectivity index (χ0n) is 9.36. The molecule has 102 valence electrons. The van der Waals surface area contributed by atoms with Crippen LogP contribution in [0.2, 0.25) is 0 Å². The van der Waals surface area contributed by atoms with E-state index in [2.05, 4.69) is 0 Å². The van der Waals surface area contributed by atoms with Gasteiger partial charge in [-0.2, -0.15) is 22.0 Å². The molecule has 1 atom stereocenters. The number of benzene rings is 1. The average molecular weight is 271 g/mol. The molecule has 0 saturated carbocycles. The van der Waals surface area contributed by atoms with Gasteiger partial charge in [-0.05, 0) is 6.54 Å². The minimum atomic E-state index is -5.99. The van der Waals surface area contributed by atoms with Gasteiger partial charge >= 0.3 is 12.1 Å². The summed E-state index contributed by atoms with van der Waals surface area (Å²) >= 11 is 0. The van der Waals surface area contributed by atoms with Gasteiger partial charge in [0.25, 0.3) is 5.79 Å². The van der Waals surface area contributed by atoms with E-state index in [9.17, 15) is 26.3 Å². The van der Waals surface area contributed by atoms with E-state index < -0.39 is 23.5 Å². The highest BCUT2D eigenvalue weighted by Crippen LogP contribution is 2.49. The maximum atomic E-state index is 14.2. The first-order chi connectivity index (χ1) is 8.17. The van der Waals surface area contributed by atoms with Crippen molar-refractivity contribution in [2.75, 3.05) is 6.54 Å². The van der Waals surface area contributed by atoms with E-state index in [4.69, 9.17) is 0 Å². The van der Waals surface area contributed by atoms with Gasteiger partial charge in [0.15, 0.2) is 0 Å². The quantitative estimate of drug-likeness (QED) is 0.651. The van der Waals surface area contributed by atoms with Crippen molar-refractivity contribution >= 4 is 0 Å². The van der Waals surface area contributed by atoms with Crippen molar-refractivity contribution in [1.82, 2.24) is 5.32 Å². The first-order valence-corrected chi connectivity index (χ1v) is 5.11. The number of nitrogens with one attached hydrogen (secondary N) is 1. The summed E-state index contributed by atoms with van der Waals surface area (Å²) in [6.45, 7) is 0.862. The predicted octanol–water partition coefficient (Wildman–Crippen LogP) is 3.62. The van der Waals surface area contributed by atoms with Crippen LogP contribution in [-0.2, 0) is 5.79 Å². The third-order valence-electron chi connectivity index (χ3n) is 2.38. The number of hydrogen-bond acceptors (Lipinski definition) is 1. The number of halogens is 6. The summed E-state index contributed by atoms with van der Waals surface area (Å²) < 4.78 is 77.7. The fourth-order valence-corrected chi connectivity index (χ4v) is 1.50. The maximum Gasteiger partial charge on any atom is 0.458 e. The van der Waals surface area contributed by atoms with Gasteiger partial charge in [0.1, 0.15) is 0 Å². The second kappa shape index (κ2) is 4.79. The van der Waals surface area contributed by atoms with Crippen LogP contribution >= 0.6 is 0 Å². The van der Waals surface area contributed by atoms with Crippen molar-refractivity contribution in [3.8, 4) is 0 Å². The van der Waals surface area contributed by atoms with E-state index in [1.165, 1.54) is 25.1 Å². The molecule has 0 fully saturated rings. The van der Waals surface area contributed by atoms with Gasteiger partial charge in [-0.3, -0.25) is 5.32 Å². The van der Waals surface area contributed by atoms with Crippen LogP contribution in [-0.4, -0.2) is 18.6 Å². The lowest BCUT2D eigenvalue weighted by molar-refractivity contribution is -0.337. The molecule has 1 nitrogen and oxygen atoms in total. The van der Waals surface area contributed by atoms with Gasteiger partial charge in [0.2, 0.25) is 0 Å². The highest BCUT2D eigenvalue weighted by Gasteiger charge is 2.72. The van der Waals surface area contributed by atoms with Crippen molar-refractivity contribution in [2.24, 2.45) is 0 Å². The Morgan fingerprint density at radius 1 is 0.944 bits per heavy atom. The van der Waals surface area contributed by atoms with Crippen molar-refractivity contribution in [3.63, 3.8) is 0 Å². The molecule has 1 N–H and O–H groups in total. The molecule has 0 aliphatic heterocycles. The molecular weight excluding hydrogens is 260 g/mol. The van der Waals surface area contributed by atoms with Gasteiger partial charge < -0.3 is 0 Å². The summed E-state index contributed by atoms with van der Waals surface area (Å²) in [5.41, 5.74) is -0.769. The Morgan fingerprint density at radius 3 is 1.83 bits per heavy atom. The number of alkyl halides is 6. The third kappa shape index (κ3) is 2.31. The van der Waals surface area contributed by atoms with Gasteiger partial charge in [0.05, 0.1) is 0 Å².